The Bertz CT molecular complexity index is 1340. The molecule has 3 N–H and O–H groups in total. The third-order valence-corrected chi connectivity index (χ3v) is 6.07. The molecule has 0 atom stereocenters. The maximum atomic E-state index is 13.0. The number of nitrogens with zero attached hydrogens (tertiary/aromatic N) is 9. The number of rotatable bonds is 9. The number of carbonyl (C=O) groups is 1. The molecule has 0 saturated heterocycles. The molecule has 1 amide bonds. The van der Waals surface area contributed by atoms with Crippen molar-refractivity contribution in [1.29, 1.82) is 0 Å². The molecule has 0 saturated carbocycles. The molecule has 13 nitrogen and oxygen atoms in total. The molecule has 4 aromatic rings. The second-order valence-electron chi connectivity index (χ2n) is 8.22. The van der Waals surface area contributed by atoms with Gasteiger partial charge in [0.2, 0.25) is 11.6 Å². The maximum Gasteiger partial charge on any atom is 0.293 e. The Hall–Kier alpha value is -4.07. The Kier molecular flexibility index (Phi) is 7.19. The smallest absolute Gasteiger partial charge is 0.293 e. The topological polar surface area (TPSA) is 168 Å². The Balaban J connectivity index is 1.55. The summed E-state index contributed by atoms with van der Waals surface area (Å²) < 4.78 is 7.75. The van der Waals surface area contributed by atoms with Crippen LogP contribution in [0.2, 0.25) is 0 Å². The van der Waals surface area contributed by atoms with Crippen molar-refractivity contribution in [2.45, 2.75) is 38.1 Å². The number of nitrogens with two attached hydrogens (primary N) is 1. The van der Waals surface area contributed by atoms with E-state index in [1.807, 2.05) is 26.1 Å². The van der Waals surface area contributed by atoms with E-state index in [-0.39, 0.29) is 23.1 Å². The molecular formula is C21H25N11O2S. The van der Waals surface area contributed by atoms with E-state index in [1.165, 1.54) is 22.0 Å². The van der Waals surface area contributed by atoms with Crippen LogP contribution in [-0.4, -0.2) is 51.7 Å². The summed E-state index contributed by atoms with van der Waals surface area (Å²) in [5.41, 5.74) is 11.7. The van der Waals surface area contributed by atoms with Crippen LogP contribution < -0.4 is 11.2 Å². The van der Waals surface area contributed by atoms with Gasteiger partial charge in [0, 0.05) is 12.8 Å². The van der Waals surface area contributed by atoms with Gasteiger partial charge in [-0.05, 0) is 40.7 Å². The Morgan fingerprint density at radius 1 is 1.23 bits per heavy atom. The zero-order valence-electron chi connectivity index (χ0n) is 19.7. The lowest BCUT2D eigenvalue weighted by Crippen LogP contribution is -2.21. The van der Waals surface area contributed by atoms with Gasteiger partial charge in [-0.1, -0.05) is 55.1 Å². The predicted molar refractivity (Wildman–Crippen MR) is 129 cm³/mol. The highest BCUT2D eigenvalue weighted by Crippen LogP contribution is 2.24. The summed E-state index contributed by atoms with van der Waals surface area (Å²) in [6.45, 7) is 6.18. The van der Waals surface area contributed by atoms with E-state index < -0.39 is 5.91 Å². The molecule has 0 fully saturated rings. The first kappa shape index (κ1) is 24.1. The van der Waals surface area contributed by atoms with Crippen molar-refractivity contribution in [2.24, 2.45) is 18.1 Å². The SMILES string of the molecule is CC(=NNC(=O)c1nnn(-c2nonc2N)c1CSc1nncn1C)c1ccc(CC(C)C)cc1. The van der Waals surface area contributed by atoms with E-state index >= 15 is 0 Å². The summed E-state index contributed by atoms with van der Waals surface area (Å²) in [6.07, 6.45) is 2.58. The van der Waals surface area contributed by atoms with E-state index in [4.69, 9.17) is 5.73 Å². The van der Waals surface area contributed by atoms with E-state index in [9.17, 15) is 4.79 Å². The van der Waals surface area contributed by atoms with Crippen molar-refractivity contribution in [3.05, 3.63) is 53.1 Å². The number of aryl methyl sites for hydroxylation is 1. The second-order valence-corrected chi connectivity index (χ2v) is 9.16. The molecule has 0 aliphatic heterocycles. The summed E-state index contributed by atoms with van der Waals surface area (Å²) in [7, 11) is 1.82. The summed E-state index contributed by atoms with van der Waals surface area (Å²) >= 11 is 1.34. The summed E-state index contributed by atoms with van der Waals surface area (Å²) in [5.74, 6) is 0.463. The van der Waals surface area contributed by atoms with Crippen molar-refractivity contribution in [3.8, 4) is 5.82 Å². The van der Waals surface area contributed by atoms with E-state index in [1.54, 1.807) is 10.9 Å². The van der Waals surface area contributed by atoms with Crippen molar-refractivity contribution < 1.29 is 9.42 Å². The van der Waals surface area contributed by atoms with Gasteiger partial charge in [0.25, 0.3) is 5.91 Å². The molecule has 4 rings (SSSR count). The number of hydrogen-bond donors (Lipinski definition) is 2. The molecule has 0 spiro atoms. The fourth-order valence-corrected chi connectivity index (χ4v) is 4.14. The lowest BCUT2D eigenvalue weighted by molar-refractivity contribution is 0.0949. The fraction of sp³-hybridized carbons (Fsp3) is 0.333. The quantitative estimate of drug-likeness (QED) is 0.199. The van der Waals surface area contributed by atoms with E-state index in [0.29, 0.717) is 22.5 Å². The predicted octanol–water partition coefficient (Wildman–Crippen LogP) is 2.01. The van der Waals surface area contributed by atoms with Crippen LogP contribution in [-0.2, 0) is 19.2 Å². The van der Waals surface area contributed by atoms with Crippen molar-refractivity contribution in [3.63, 3.8) is 0 Å². The van der Waals surface area contributed by atoms with Gasteiger partial charge < -0.3 is 10.3 Å². The summed E-state index contributed by atoms with van der Waals surface area (Å²) in [4.78, 5) is 13.0. The first-order chi connectivity index (χ1) is 16.8. The molecule has 0 aliphatic carbocycles. The van der Waals surface area contributed by atoms with Crippen molar-refractivity contribution >= 4 is 29.2 Å². The Morgan fingerprint density at radius 2 is 2.00 bits per heavy atom. The summed E-state index contributed by atoms with van der Waals surface area (Å²) in [6, 6.07) is 8.12. The molecule has 35 heavy (non-hydrogen) atoms. The minimum atomic E-state index is -0.532. The molecule has 3 aromatic heterocycles. The van der Waals surface area contributed by atoms with Crippen molar-refractivity contribution in [1.82, 2.24) is 45.5 Å². The number of aromatic nitrogens is 8. The minimum Gasteiger partial charge on any atom is -0.378 e. The Morgan fingerprint density at radius 3 is 2.63 bits per heavy atom. The normalized spacial score (nSPS) is 11.9. The number of amides is 1. The van der Waals surface area contributed by atoms with Gasteiger partial charge in [0.1, 0.15) is 6.33 Å². The van der Waals surface area contributed by atoms with Crippen LogP contribution in [0.5, 0.6) is 0 Å². The van der Waals surface area contributed by atoms with Crippen LogP contribution in [0.1, 0.15) is 48.1 Å². The number of nitrogen functional groups attached to an aromatic ring is 1. The van der Waals surface area contributed by atoms with Gasteiger partial charge in [-0.3, -0.25) is 4.79 Å². The third-order valence-electron chi connectivity index (χ3n) is 5.02. The van der Waals surface area contributed by atoms with Crippen LogP contribution >= 0.6 is 11.8 Å². The molecule has 182 valence electrons. The van der Waals surface area contributed by atoms with E-state index in [2.05, 4.69) is 72.0 Å². The number of hydrazone groups is 1. The molecular weight excluding hydrogens is 470 g/mol. The molecule has 1 aromatic carbocycles. The summed E-state index contributed by atoms with van der Waals surface area (Å²) in [5, 5.41) is 28.2. The van der Waals surface area contributed by atoms with Gasteiger partial charge in [-0.2, -0.15) is 9.78 Å². The maximum absolute atomic E-state index is 13.0. The standard InChI is InChI=1S/C21H25N11O2S/c1-12(2)9-14-5-7-15(8-6-14)13(3)24-26-20(33)17-16(10-35-21-27-23-11-31(21)4)32(30-25-17)19-18(22)28-34-29-19/h5-8,11-12H,9-10H2,1-4H3,(H2,22,28)(H,26,33). The van der Waals surface area contributed by atoms with Gasteiger partial charge in [-0.25, -0.2) is 10.1 Å². The van der Waals surface area contributed by atoms with Crippen molar-refractivity contribution in [2.75, 3.05) is 5.73 Å². The van der Waals surface area contributed by atoms with E-state index in [0.717, 1.165) is 12.0 Å². The average Bonchev–Trinajstić information content (AvgIpc) is 3.55. The number of nitrogens with one attached hydrogen (secondary N) is 1. The van der Waals surface area contributed by atoms with Crippen LogP contribution in [0.3, 0.4) is 0 Å². The van der Waals surface area contributed by atoms with Gasteiger partial charge in [0.05, 0.1) is 11.4 Å². The monoisotopic (exact) mass is 495 g/mol. The lowest BCUT2D eigenvalue weighted by Gasteiger charge is -2.07. The zero-order valence-corrected chi connectivity index (χ0v) is 20.5. The minimum absolute atomic E-state index is 0.0153. The third kappa shape index (κ3) is 5.54. The highest BCUT2D eigenvalue weighted by atomic mass is 32.2. The number of hydrogen-bond acceptors (Lipinski definition) is 11. The van der Waals surface area contributed by atoms with Gasteiger partial charge >= 0.3 is 0 Å². The highest BCUT2D eigenvalue weighted by molar-refractivity contribution is 7.98. The number of anilines is 1. The molecule has 3 heterocycles. The molecule has 0 unspecified atom stereocenters. The van der Waals surface area contributed by atoms with Crippen LogP contribution in [0, 0.1) is 5.92 Å². The van der Waals surface area contributed by atoms with Crippen LogP contribution in [0.4, 0.5) is 5.82 Å². The lowest BCUT2D eigenvalue weighted by atomic mass is 10.0. The number of thioether (sulfide) groups is 1. The molecule has 0 bridgehead atoms. The number of carbonyl (C=O) groups excluding carboxylic acids is 1. The molecule has 0 aliphatic rings. The van der Waals surface area contributed by atoms with Gasteiger partial charge in [-0.15, -0.1) is 15.3 Å². The molecule has 14 heteroatoms. The van der Waals surface area contributed by atoms with Gasteiger partial charge in [0.15, 0.2) is 10.9 Å². The van der Waals surface area contributed by atoms with Crippen LogP contribution in [0.25, 0.3) is 5.82 Å². The largest absolute Gasteiger partial charge is 0.378 e. The first-order valence-corrected chi connectivity index (χ1v) is 11.8. The van der Waals surface area contributed by atoms with Crippen LogP contribution in [0.15, 0.2) is 45.5 Å². The zero-order chi connectivity index (χ0) is 24.9. The number of benzene rings is 1. The molecule has 0 radical (unpaired) electrons. The Labute approximate surface area is 205 Å². The average molecular weight is 496 g/mol. The first-order valence-electron chi connectivity index (χ1n) is 10.8. The second kappa shape index (κ2) is 10.5. The highest BCUT2D eigenvalue weighted by Gasteiger charge is 2.24. The fourth-order valence-electron chi connectivity index (χ4n) is 3.26.